The molecule has 6 atom stereocenters. The number of allylic oxidation sites excluding steroid dienone is 18. The Morgan fingerprint density at radius 1 is 0.524 bits per heavy atom. The molecular formula is C40H60O2. The largest absolute Gasteiger partial charge is 0.393 e. The summed E-state index contributed by atoms with van der Waals surface area (Å²) >= 11 is 0. The molecule has 2 aliphatic rings. The molecule has 0 heterocycles. The molecule has 2 aliphatic carbocycles. The molecule has 0 amide bonds. The molecule has 232 valence electrons. The third kappa shape index (κ3) is 12.1. The molecule has 0 radical (unpaired) electrons. The Bertz CT molecular complexity index is 1050. The average molecular weight is 573 g/mol. The lowest BCUT2D eigenvalue weighted by Crippen LogP contribution is -2.38. The summed E-state index contributed by atoms with van der Waals surface area (Å²) in [4.78, 5) is 0. The predicted molar refractivity (Wildman–Crippen MR) is 184 cm³/mol. The predicted octanol–water partition coefficient (Wildman–Crippen LogP) is 10.4. The number of rotatable bonds is 10. The van der Waals surface area contributed by atoms with Crippen LogP contribution in [-0.4, -0.2) is 22.4 Å². The molecule has 0 aliphatic heterocycles. The highest BCUT2D eigenvalue weighted by Crippen LogP contribution is 2.45. The number of aliphatic hydroxyl groups is 2. The van der Waals surface area contributed by atoms with E-state index in [9.17, 15) is 10.2 Å². The van der Waals surface area contributed by atoms with E-state index in [4.69, 9.17) is 0 Å². The van der Waals surface area contributed by atoms with Gasteiger partial charge in [0.05, 0.1) is 12.2 Å². The number of aliphatic hydroxyl groups excluding tert-OH is 2. The maximum atomic E-state index is 10.1. The van der Waals surface area contributed by atoms with Crippen molar-refractivity contribution in [1.29, 1.82) is 0 Å². The van der Waals surface area contributed by atoms with E-state index in [0.717, 1.165) is 25.7 Å². The van der Waals surface area contributed by atoms with Crippen LogP contribution in [0, 0.1) is 34.5 Å². The maximum Gasteiger partial charge on any atom is 0.0548 e. The SMILES string of the molecule is CC(/C=C/C=C(C)/C=C/C1C(C)C[C@@H](O)CC1(C)C)=C\C=C\C=C(C)\C=C\C=C(C)\C=C\C1C(C)C[C@@H](O)CC1(C)C. The van der Waals surface area contributed by atoms with Crippen molar-refractivity contribution in [1.82, 2.24) is 0 Å². The fourth-order valence-electron chi connectivity index (χ4n) is 7.10. The van der Waals surface area contributed by atoms with Gasteiger partial charge in [-0.3, -0.25) is 0 Å². The molecule has 2 saturated carbocycles. The Hall–Kier alpha value is -2.42. The van der Waals surface area contributed by atoms with Crippen LogP contribution in [0.4, 0.5) is 0 Å². The van der Waals surface area contributed by atoms with Crippen LogP contribution < -0.4 is 0 Å². The summed E-state index contributed by atoms with van der Waals surface area (Å²) in [6, 6.07) is 0. The molecule has 42 heavy (non-hydrogen) atoms. The fraction of sp³-hybridized carbons (Fsp3) is 0.550. The van der Waals surface area contributed by atoms with Crippen molar-refractivity contribution < 1.29 is 10.2 Å². The molecular weight excluding hydrogens is 512 g/mol. The first-order valence-electron chi connectivity index (χ1n) is 16.0. The van der Waals surface area contributed by atoms with Gasteiger partial charge < -0.3 is 10.2 Å². The molecule has 2 nitrogen and oxygen atoms in total. The van der Waals surface area contributed by atoms with Crippen molar-refractivity contribution in [3.8, 4) is 0 Å². The molecule has 0 saturated heterocycles. The van der Waals surface area contributed by atoms with Crippen molar-refractivity contribution in [2.45, 2.75) is 107 Å². The zero-order valence-corrected chi connectivity index (χ0v) is 28.3. The van der Waals surface area contributed by atoms with Gasteiger partial charge in [0.1, 0.15) is 0 Å². The Morgan fingerprint density at radius 2 is 0.833 bits per heavy atom. The zero-order valence-electron chi connectivity index (χ0n) is 28.3. The lowest BCUT2D eigenvalue weighted by molar-refractivity contribution is 0.00726. The molecule has 2 fully saturated rings. The molecule has 2 N–H and O–H groups in total. The van der Waals surface area contributed by atoms with Gasteiger partial charge in [0.15, 0.2) is 0 Å². The van der Waals surface area contributed by atoms with E-state index in [2.05, 4.69) is 154 Å². The van der Waals surface area contributed by atoms with E-state index in [-0.39, 0.29) is 23.0 Å². The molecule has 2 rings (SSSR count). The van der Waals surface area contributed by atoms with Crippen molar-refractivity contribution in [2.24, 2.45) is 34.5 Å². The van der Waals surface area contributed by atoms with E-state index in [1.54, 1.807) is 0 Å². The van der Waals surface area contributed by atoms with Gasteiger partial charge in [-0.25, -0.2) is 0 Å². The van der Waals surface area contributed by atoms with Gasteiger partial charge in [-0.15, -0.1) is 0 Å². The molecule has 0 aromatic rings. The van der Waals surface area contributed by atoms with Gasteiger partial charge >= 0.3 is 0 Å². The van der Waals surface area contributed by atoms with Crippen molar-refractivity contribution in [2.75, 3.05) is 0 Å². The molecule has 2 heteroatoms. The highest BCUT2D eigenvalue weighted by molar-refractivity contribution is 5.32. The van der Waals surface area contributed by atoms with E-state index in [1.807, 2.05) is 0 Å². The topological polar surface area (TPSA) is 40.5 Å². The van der Waals surface area contributed by atoms with Crippen LogP contribution in [0.5, 0.6) is 0 Å². The summed E-state index contributed by atoms with van der Waals surface area (Å²) in [6.45, 7) is 22.2. The first-order chi connectivity index (χ1) is 19.6. The second kappa shape index (κ2) is 16.4. The lowest BCUT2D eigenvalue weighted by atomic mass is 9.63. The lowest BCUT2D eigenvalue weighted by Gasteiger charge is -2.43. The molecule has 0 aromatic carbocycles. The van der Waals surface area contributed by atoms with Crippen molar-refractivity contribution >= 4 is 0 Å². The third-order valence-electron chi connectivity index (χ3n) is 9.24. The Balaban J connectivity index is 1.86. The van der Waals surface area contributed by atoms with E-state index < -0.39 is 0 Å². The Kier molecular flexibility index (Phi) is 14.0. The second-order valence-electron chi connectivity index (χ2n) is 14.6. The maximum absolute atomic E-state index is 10.1. The average Bonchev–Trinajstić information content (AvgIpc) is 2.84. The van der Waals surface area contributed by atoms with Gasteiger partial charge in [0.25, 0.3) is 0 Å². The minimum Gasteiger partial charge on any atom is -0.393 e. The standard InChI is InChI=1S/C40H60O2/c1-29(17-13-19-31(3)21-23-37-33(5)25-35(41)27-39(37,7)8)15-11-12-16-30(2)18-14-20-32(4)22-24-38-34(6)26-36(42)28-40(38,9)10/h11-24,33-38,41-42H,25-28H2,1-10H3/b12-11+,17-13+,18-14+,23-21+,24-22+,29-15+,30-16+,31-19+,32-20+/t33?,34?,35-,36-,37?,38?/m1/s1. The smallest absolute Gasteiger partial charge is 0.0548 e. The van der Waals surface area contributed by atoms with Crippen LogP contribution in [-0.2, 0) is 0 Å². The van der Waals surface area contributed by atoms with Crippen molar-refractivity contribution in [3.63, 3.8) is 0 Å². The fourth-order valence-corrected chi connectivity index (χ4v) is 7.10. The zero-order chi connectivity index (χ0) is 31.5. The first-order valence-corrected chi connectivity index (χ1v) is 16.0. The third-order valence-corrected chi connectivity index (χ3v) is 9.24. The first kappa shape index (κ1) is 35.8. The van der Waals surface area contributed by atoms with E-state index in [0.29, 0.717) is 23.7 Å². The highest BCUT2D eigenvalue weighted by Gasteiger charge is 2.39. The van der Waals surface area contributed by atoms with E-state index in [1.165, 1.54) is 22.3 Å². The molecule has 0 spiro atoms. The minimum atomic E-state index is -0.167. The number of hydrogen-bond acceptors (Lipinski definition) is 2. The Morgan fingerprint density at radius 3 is 1.17 bits per heavy atom. The molecule has 4 unspecified atom stereocenters. The van der Waals surface area contributed by atoms with Crippen LogP contribution in [0.25, 0.3) is 0 Å². The van der Waals surface area contributed by atoms with Gasteiger partial charge in [-0.05, 0) is 87.9 Å². The summed E-state index contributed by atoms with van der Waals surface area (Å²) in [5.41, 5.74) is 5.13. The highest BCUT2D eigenvalue weighted by atomic mass is 16.3. The second-order valence-corrected chi connectivity index (χ2v) is 14.6. The van der Waals surface area contributed by atoms with Crippen LogP contribution in [0.3, 0.4) is 0 Å². The summed E-state index contributed by atoms with van der Waals surface area (Å²) in [7, 11) is 0. The van der Waals surface area contributed by atoms with Gasteiger partial charge in [0.2, 0.25) is 0 Å². The normalized spacial score (nSPS) is 31.9. The minimum absolute atomic E-state index is 0.127. The summed E-state index contributed by atoms with van der Waals surface area (Å²) in [6.07, 6.45) is 33.6. The summed E-state index contributed by atoms with van der Waals surface area (Å²) < 4.78 is 0. The van der Waals surface area contributed by atoms with Gasteiger partial charge in [0, 0.05) is 0 Å². The summed E-state index contributed by atoms with van der Waals surface area (Å²) in [5, 5.41) is 20.3. The van der Waals surface area contributed by atoms with E-state index >= 15 is 0 Å². The number of hydrogen-bond donors (Lipinski definition) is 2. The monoisotopic (exact) mass is 572 g/mol. The summed E-state index contributed by atoms with van der Waals surface area (Å²) in [5.74, 6) is 1.97. The quantitative estimate of drug-likeness (QED) is 0.256. The van der Waals surface area contributed by atoms with Crippen LogP contribution in [0.2, 0.25) is 0 Å². The van der Waals surface area contributed by atoms with Crippen molar-refractivity contribution in [3.05, 3.63) is 107 Å². The van der Waals surface area contributed by atoms with Gasteiger partial charge in [-0.2, -0.15) is 0 Å². The van der Waals surface area contributed by atoms with Gasteiger partial charge in [-0.1, -0.05) is 149 Å². The van der Waals surface area contributed by atoms with Crippen LogP contribution >= 0.6 is 0 Å². The van der Waals surface area contributed by atoms with Crippen LogP contribution in [0.15, 0.2) is 107 Å². The van der Waals surface area contributed by atoms with Crippen LogP contribution in [0.1, 0.15) is 94.9 Å². The Labute approximate surface area is 258 Å². The molecule has 0 bridgehead atoms. The molecule has 0 aromatic heterocycles.